The van der Waals surface area contributed by atoms with Crippen LogP contribution in [-0.2, 0) is 0 Å². The Morgan fingerprint density at radius 2 is 1.95 bits per heavy atom. The van der Waals surface area contributed by atoms with Gasteiger partial charge in [-0.05, 0) is 57.0 Å². The number of benzene rings is 1. The Labute approximate surface area is 128 Å². The second kappa shape index (κ2) is 8.53. The zero-order valence-electron chi connectivity index (χ0n) is 13.6. The van der Waals surface area contributed by atoms with Gasteiger partial charge >= 0.3 is 0 Å². The second-order valence-corrected chi connectivity index (χ2v) is 5.55. The number of anilines is 1. The minimum absolute atomic E-state index is 0.395. The summed E-state index contributed by atoms with van der Waals surface area (Å²) in [7, 11) is 3.77. The summed E-state index contributed by atoms with van der Waals surface area (Å²) in [4.78, 5) is 2.23. The van der Waals surface area contributed by atoms with Crippen molar-refractivity contribution >= 4 is 5.69 Å². The average Bonchev–Trinajstić information content (AvgIpc) is 2.51. The van der Waals surface area contributed by atoms with Crippen molar-refractivity contribution in [2.75, 3.05) is 32.1 Å². The van der Waals surface area contributed by atoms with Gasteiger partial charge in [-0.3, -0.25) is 5.32 Å². The maximum Gasteiger partial charge on any atom is 0.119 e. The topological polar surface area (TPSA) is 48.3 Å². The van der Waals surface area contributed by atoms with Crippen LogP contribution in [0.25, 0.3) is 0 Å². The van der Waals surface area contributed by atoms with Gasteiger partial charge in [0, 0.05) is 19.3 Å². The third kappa shape index (κ3) is 5.65. The highest BCUT2D eigenvalue weighted by Gasteiger charge is 2.21. The lowest BCUT2D eigenvalue weighted by Gasteiger charge is -2.24. The average molecular weight is 289 g/mol. The van der Waals surface area contributed by atoms with E-state index in [4.69, 9.17) is 4.74 Å². The van der Waals surface area contributed by atoms with Crippen molar-refractivity contribution in [2.24, 2.45) is 0 Å². The number of rotatable bonds is 9. The monoisotopic (exact) mass is 289 g/mol. The predicted molar refractivity (Wildman–Crippen MR) is 87.8 cm³/mol. The molecule has 1 atom stereocenters. The zero-order valence-corrected chi connectivity index (χ0v) is 13.6. The zero-order chi connectivity index (χ0) is 15.7. The van der Waals surface area contributed by atoms with Crippen molar-refractivity contribution in [2.45, 2.75) is 38.6 Å². The van der Waals surface area contributed by atoms with E-state index in [-0.39, 0.29) is 0 Å². The summed E-state index contributed by atoms with van der Waals surface area (Å²) >= 11 is 0. The van der Waals surface area contributed by atoms with Crippen molar-refractivity contribution in [3.05, 3.63) is 24.3 Å². The fourth-order valence-electron chi connectivity index (χ4n) is 2.37. The molecule has 116 valence electrons. The molecule has 0 amide bonds. The molecule has 4 nitrogen and oxygen atoms in total. The van der Waals surface area contributed by atoms with Gasteiger partial charge in [0.1, 0.15) is 11.3 Å². The minimum atomic E-state index is -0.395. The maximum atomic E-state index is 9.22. The molecule has 1 unspecified atom stereocenters. The van der Waals surface area contributed by atoms with Crippen LogP contribution in [0, 0.1) is 11.3 Å². The number of methoxy groups -OCH3 is 1. The second-order valence-electron chi connectivity index (χ2n) is 5.55. The molecule has 0 radical (unpaired) electrons. The number of unbranched alkanes of at least 4 members (excludes halogenated alkanes) is 1. The van der Waals surface area contributed by atoms with Gasteiger partial charge in [0.05, 0.1) is 13.2 Å². The quantitative estimate of drug-likeness (QED) is 0.709. The number of hydrogen-bond donors (Lipinski definition) is 1. The highest BCUT2D eigenvalue weighted by atomic mass is 16.5. The Bertz CT molecular complexity index is 452. The predicted octanol–water partition coefficient (Wildman–Crippen LogP) is 3.19. The molecule has 0 saturated carbocycles. The first-order valence-electron chi connectivity index (χ1n) is 7.56. The lowest BCUT2D eigenvalue weighted by atomic mass is 9.96. The molecule has 0 bridgehead atoms. The summed E-state index contributed by atoms with van der Waals surface area (Å²) in [5, 5.41) is 12.5. The Morgan fingerprint density at radius 1 is 1.29 bits per heavy atom. The number of ether oxygens (including phenoxy) is 1. The molecule has 21 heavy (non-hydrogen) atoms. The number of nitrogens with one attached hydrogen (secondary N) is 1. The van der Waals surface area contributed by atoms with Crippen LogP contribution in [0.4, 0.5) is 5.69 Å². The van der Waals surface area contributed by atoms with Crippen molar-refractivity contribution in [3.8, 4) is 11.8 Å². The summed E-state index contributed by atoms with van der Waals surface area (Å²) in [5.74, 6) is 0.877. The largest absolute Gasteiger partial charge is 0.497 e. The fraction of sp³-hybridized carbons (Fsp3) is 0.588. The molecule has 0 heterocycles. The van der Waals surface area contributed by atoms with E-state index in [1.165, 1.54) is 5.69 Å². The van der Waals surface area contributed by atoms with Crippen molar-refractivity contribution in [1.29, 1.82) is 5.26 Å². The molecule has 1 aromatic rings. The summed E-state index contributed by atoms with van der Waals surface area (Å²) in [6.45, 7) is 5.83. The third-order valence-electron chi connectivity index (χ3n) is 3.75. The molecule has 0 aromatic heterocycles. The van der Waals surface area contributed by atoms with Crippen molar-refractivity contribution < 1.29 is 4.74 Å². The van der Waals surface area contributed by atoms with Gasteiger partial charge in [0.2, 0.25) is 0 Å². The van der Waals surface area contributed by atoms with Crippen LogP contribution in [0.15, 0.2) is 24.3 Å². The fourth-order valence-corrected chi connectivity index (χ4v) is 2.37. The maximum absolute atomic E-state index is 9.22. The van der Waals surface area contributed by atoms with E-state index in [1.54, 1.807) is 7.11 Å². The van der Waals surface area contributed by atoms with E-state index in [2.05, 4.69) is 35.5 Å². The highest BCUT2D eigenvalue weighted by molar-refractivity contribution is 5.48. The van der Waals surface area contributed by atoms with Crippen LogP contribution in [0.5, 0.6) is 5.75 Å². The summed E-state index contributed by atoms with van der Waals surface area (Å²) in [6, 6.07) is 10.5. The number of nitrogens with zero attached hydrogens (tertiary/aromatic N) is 2. The Hall–Kier alpha value is -1.73. The van der Waals surface area contributed by atoms with Crippen LogP contribution in [0.1, 0.15) is 33.1 Å². The highest BCUT2D eigenvalue weighted by Crippen LogP contribution is 2.19. The lowest BCUT2D eigenvalue weighted by molar-refractivity contribution is 0.412. The van der Waals surface area contributed by atoms with Crippen molar-refractivity contribution in [3.63, 3.8) is 0 Å². The van der Waals surface area contributed by atoms with Crippen LogP contribution in [0.3, 0.4) is 0 Å². The first-order valence-corrected chi connectivity index (χ1v) is 7.56. The third-order valence-corrected chi connectivity index (χ3v) is 3.75. The van der Waals surface area contributed by atoms with E-state index in [1.807, 2.05) is 26.0 Å². The molecular weight excluding hydrogens is 262 g/mol. The summed E-state index contributed by atoms with van der Waals surface area (Å²) in [5.41, 5.74) is 0.790. The Balaban J connectivity index is 2.36. The number of nitriles is 1. The van der Waals surface area contributed by atoms with Crippen LogP contribution < -0.4 is 15.0 Å². The lowest BCUT2D eigenvalue weighted by Crippen LogP contribution is -2.40. The SMILES string of the molecule is CCNC(C)(C#N)CCCCN(C)c1ccc(OC)cc1. The molecule has 0 spiro atoms. The molecule has 0 aliphatic carbocycles. The smallest absolute Gasteiger partial charge is 0.119 e. The van der Waals surface area contributed by atoms with E-state index >= 15 is 0 Å². The molecule has 0 aliphatic heterocycles. The minimum Gasteiger partial charge on any atom is -0.497 e. The normalized spacial score (nSPS) is 13.3. The van der Waals surface area contributed by atoms with Crippen molar-refractivity contribution in [1.82, 2.24) is 5.32 Å². The van der Waals surface area contributed by atoms with Gasteiger partial charge in [-0.2, -0.15) is 5.26 Å². The summed E-state index contributed by atoms with van der Waals surface area (Å²) < 4.78 is 5.16. The number of hydrogen-bond acceptors (Lipinski definition) is 4. The van der Waals surface area contributed by atoms with Gasteiger partial charge in [-0.15, -0.1) is 0 Å². The van der Waals surface area contributed by atoms with Crippen LogP contribution >= 0.6 is 0 Å². The molecular formula is C17H27N3O. The first kappa shape index (κ1) is 17.3. The van der Waals surface area contributed by atoms with Gasteiger partial charge in [-0.25, -0.2) is 0 Å². The Kier molecular flexibility index (Phi) is 7.04. The van der Waals surface area contributed by atoms with Gasteiger partial charge in [0.15, 0.2) is 0 Å². The molecule has 1 rings (SSSR count). The molecule has 1 N–H and O–H groups in total. The molecule has 4 heteroatoms. The Morgan fingerprint density at radius 3 is 2.48 bits per heavy atom. The molecule has 0 saturated heterocycles. The standard InChI is InChI=1S/C17H27N3O/c1-5-19-17(2,14-18)12-6-7-13-20(3)15-8-10-16(21-4)11-9-15/h8-11,19H,5-7,12-13H2,1-4H3. The van der Waals surface area contributed by atoms with Gasteiger partial charge in [-0.1, -0.05) is 6.92 Å². The van der Waals surface area contributed by atoms with E-state index in [9.17, 15) is 5.26 Å². The van der Waals surface area contributed by atoms with Crippen LogP contribution in [0.2, 0.25) is 0 Å². The van der Waals surface area contributed by atoms with Gasteiger partial charge < -0.3 is 9.64 Å². The van der Waals surface area contributed by atoms with Gasteiger partial charge in [0.25, 0.3) is 0 Å². The molecule has 0 aliphatic rings. The first-order chi connectivity index (χ1) is 10.0. The molecule has 0 fully saturated rings. The van der Waals surface area contributed by atoms with E-state index in [0.29, 0.717) is 0 Å². The molecule has 1 aromatic carbocycles. The summed E-state index contributed by atoms with van der Waals surface area (Å²) in [6.07, 6.45) is 3.00. The van der Waals surface area contributed by atoms with E-state index < -0.39 is 5.54 Å². The van der Waals surface area contributed by atoms with E-state index in [0.717, 1.165) is 38.1 Å². The van der Waals surface area contributed by atoms with Crippen LogP contribution in [-0.4, -0.2) is 32.8 Å².